The van der Waals surface area contributed by atoms with E-state index < -0.39 is 0 Å². The third kappa shape index (κ3) is 3.75. The van der Waals surface area contributed by atoms with Crippen molar-refractivity contribution in [2.24, 2.45) is 5.73 Å². The Balaban J connectivity index is 0.00000218. The average molecular weight is 424 g/mol. The summed E-state index contributed by atoms with van der Waals surface area (Å²) in [6.07, 6.45) is 5.65. The molecule has 1 aliphatic carbocycles. The summed E-state index contributed by atoms with van der Waals surface area (Å²) in [6.45, 7) is 2.37. The number of carbonyl (C=O) groups excluding carboxylic acids is 1. The Bertz CT molecular complexity index is 1070. The smallest absolute Gasteiger partial charge is 0.298 e. The Labute approximate surface area is 182 Å². The molecule has 2 aromatic carbocycles. The van der Waals surface area contributed by atoms with E-state index in [1.165, 1.54) is 35.2 Å². The van der Waals surface area contributed by atoms with Crippen LogP contribution in [-0.4, -0.2) is 30.6 Å². The number of anilines is 1. The lowest BCUT2D eigenvalue weighted by Gasteiger charge is -2.28. The van der Waals surface area contributed by atoms with Crippen LogP contribution in [0.15, 0.2) is 42.5 Å². The van der Waals surface area contributed by atoms with Crippen molar-refractivity contribution in [1.29, 1.82) is 0 Å². The van der Waals surface area contributed by atoms with Gasteiger partial charge in [0.05, 0.1) is 11.2 Å². The van der Waals surface area contributed by atoms with Gasteiger partial charge in [-0.3, -0.25) is 9.78 Å². The van der Waals surface area contributed by atoms with Crippen LogP contribution in [-0.2, 0) is 17.6 Å². The van der Waals surface area contributed by atoms with Gasteiger partial charge in [0.2, 0.25) is 0 Å². The molecule has 1 aromatic heterocycles. The van der Waals surface area contributed by atoms with E-state index in [4.69, 9.17) is 15.5 Å². The molecule has 0 saturated carbocycles. The fourth-order valence-electron chi connectivity index (χ4n) is 4.71. The number of nitrogens with zero attached hydrogens (tertiary/aromatic N) is 2. The van der Waals surface area contributed by atoms with Gasteiger partial charge in [0, 0.05) is 30.2 Å². The van der Waals surface area contributed by atoms with E-state index in [1.807, 2.05) is 24.3 Å². The van der Waals surface area contributed by atoms with Gasteiger partial charge in [-0.2, -0.15) is 0 Å². The molecule has 0 unspecified atom stereocenters. The quantitative estimate of drug-likeness (QED) is 0.634. The van der Waals surface area contributed by atoms with Crippen molar-refractivity contribution in [3.05, 3.63) is 53.7 Å². The highest BCUT2D eigenvalue weighted by atomic mass is 35.5. The molecule has 1 fully saturated rings. The molecule has 1 aliphatic heterocycles. The Morgan fingerprint density at radius 2 is 1.83 bits per heavy atom. The lowest BCUT2D eigenvalue weighted by molar-refractivity contribution is -0.120. The van der Waals surface area contributed by atoms with E-state index in [2.05, 4.69) is 23.1 Å². The van der Waals surface area contributed by atoms with Crippen LogP contribution in [0.3, 0.4) is 0 Å². The van der Waals surface area contributed by atoms with Crippen LogP contribution in [0.5, 0.6) is 5.75 Å². The van der Waals surface area contributed by atoms with Crippen molar-refractivity contribution in [2.75, 3.05) is 18.0 Å². The number of aromatic nitrogens is 1. The standard InChI is InChI=1S/C24H25N3O2.ClH/c25-18-11-12-27(14-18)24-20-3-1-2-4-22(20)26-23-10-7-17(13-21(23)24)16-5-8-19(9-6-16)29-15-28;/h5-10,13,15,18H,1-4,11-12,14,25H2;1H/t18-;/m0./s1. The molecule has 1 saturated heterocycles. The van der Waals surface area contributed by atoms with E-state index in [-0.39, 0.29) is 18.4 Å². The summed E-state index contributed by atoms with van der Waals surface area (Å²) in [5.41, 5.74) is 13.6. The number of hydrogen-bond donors (Lipinski definition) is 1. The second kappa shape index (κ2) is 8.62. The highest BCUT2D eigenvalue weighted by molar-refractivity contribution is 5.97. The highest BCUT2D eigenvalue weighted by Gasteiger charge is 2.26. The van der Waals surface area contributed by atoms with Gasteiger partial charge in [0.15, 0.2) is 0 Å². The van der Waals surface area contributed by atoms with Crippen LogP contribution in [0.1, 0.15) is 30.5 Å². The summed E-state index contributed by atoms with van der Waals surface area (Å²) in [4.78, 5) is 18.0. The largest absolute Gasteiger partial charge is 0.429 e. The Hall–Kier alpha value is -2.63. The fourth-order valence-corrected chi connectivity index (χ4v) is 4.71. The molecule has 1 atom stereocenters. The molecular weight excluding hydrogens is 398 g/mol. The summed E-state index contributed by atoms with van der Waals surface area (Å²) < 4.78 is 4.92. The molecular formula is C24H26ClN3O2. The van der Waals surface area contributed by atoms with Gasteiger partial charge in [0.1, 0.15) is 5.75 Å². The monoisotopic (exact) mass is 423 g/mol. The Morgan fingerprint density at radius 1 is 1.07 bits per heavy atom. The number of aryl methyl sites for hydroxylation is 1. The topological polar surface area (TPSA) is 68.4 Å². The first-order chi connectivity index (χ1) is 14.2. The van der Waals surface area contributed by atoms with Crippen molar-refractivity contribution < 1.29 is 9.53 Å². The molecule has 3 aromatic rings. The van der Waals surface area contributed by atoms with Gasteiger partial charge >= 0.3 is 0 Å². The van der Waals surface area contributed by atoms with Crippen LogP contribution in [0.2, 0.25) is 0 Å². The second-order valence-corrected chi connectivity index (χ2v) is 8.06. The van der Waals surface area contributed by atoms with Crippen LogP contribution < -0.4 is 15.4 Å². The van der Waals surface area contributed by atoms with Crippen LogP contribution in [0, 0.1) is 0 Å². The number of halogens is 1. The molecule has 0 bridgehead atoms. The number of pyridine rings is 1. The lowest BCUT2D eigenvalue weighted by atomic mass is 9.91. The zero-order chi connectivity index (χ0) is 19.8. The summed E-state index contributed by atoms with van der Waals surface area (Å²) in [7, 11) is 0. The van der Waals surface area contributed by atoms with Crippen molar-refractivity contribution in [3.63, 3.8) is 0 Å². The van der Waals surface area contributed by atoms with Crippen molar-refractivity contribution in [3.8, 4) is 16.9 Å². The van der Waals surface area contributed by atoms with Crippen molar-refractivity contribution >= 4 is 35.5 Å². The molecule has 0 spiro atoms. The highest BCUT2D eigenvalue weighted by Crippen LogP contribution is 2.39. The minimum absolute atomic E-state index is 0. The predicted molar refractivity (Wildman–Crippen MR) is 123 cm³/mol. The van der Waals surface area contributed by atoms with Crippen LogP contribution in [0.4, 0.5) is 5.69 Å². The first-order valence-corrected chi connectivity index (χ1v) is 10.4. The van der Waals surface area contributed by atoms with E-state index in [0.717, 1.165) is 49.0 Å². The normalized spacial score (nSPS) is 18.0. The first-order valence-electron chi connectivity index (χ1n) is 10.4. The van der Waals surface area contributed by atoms with E-state index in [0.29, 0.717) is 12.2 Å². The molecule has 2 N–H and O–H groups in total. The Morgan fingerprint density at radius 3 is 2.57 bits per heavy atom. The second-order valence-electron chi connectivity index (χ2n) is 8.06. The number of ether oxygens (including phenoxy) is 1. The molecule has 2 aliphatic rings. The maximum Gasteiger partial charge on any atom is 0.298 e. The summed E-state index contributed by atoms with van der Waals surface area (Å²) in [5, 5.41) is 1.21. The Kier molecular flexibility index (Phi) is 5.93. The van der Waals surface area contributed by atoms with Gasteiger partial charge in [-0.25, -0.2) is 0 Å². The third-order valence-electron chi connectivity index (χ3n) is 6.14. The fraction of sp³-hybridized carbons (Fsp3) is 0.333. The summed E-state index contributed by atoms with van der Waals surface area (Å²) >= 11 is 0. The summed E-state index contributed by atoms with van der Waals surface area (Å²) in [5.74, 6) is 0.548. The molecule has 30 heavy (non-hydrogen) atoms. The number of benzene rings is 2. The minimum Gasteiger partial charge on any atom is -0.429 e. The minimum atomic E-state index is 0. The molecule has 0 amide bonds. The summed E-state index contributed by atoms with van der Waals surface area (Å²) in [6, 6.07) is 14.4. The maximum atomic E-state index is 10.5. The van der Waals surface area contributed by atoms with Gasteiger partial charge in [-0.1, -0.05) is 18.2 Å². The van der Waals surface area contributed by atoms with Gasteiger partial charge in [0.25, 0.3) is 6.47 Å². The van der Waals surface area contributed by atoms with Crippen molar-refractivity contribution in [1.82, 2.24) is 4.98 Å². The number of carbonyl (C=O) groups is 1. The van der Waals surface area contributed by atoms with E-state index in [1.54, 1.807) is 0 Å². The zero-order valence-corrected chi connectivity index (χ0v) is 17.7. The molecule has 2 heterocycles. The lowest BCUT2D eigenvalue weighted by Crippen LogP contribution is -2.28. The molecule has 5 rings (SSSR count). The van der Waals surface area contributed by atoms with Crippen LogP contribution in [0.25, 0.3) is 22.0 Å². The average Bonchev–Trinajstić information content (AvgIpc) is 3.18. The van der Waals surface area contributed by atoms with Crippen molar-refractivity contribution in [2.45, 2.75) is 38.1 Å². The maximum absolute atomic E-state index is 10.5. The molecule has 6 heteroatoms. The van der Waals surface area contributed by atoms with E-state index >= 15 is 0 Å². The molecule has 156 valence electrons. The van der Waals surface area contributed by atoms with Gasteiger partial charge in [-0.15, -0.1) is 12.4 Å². The van der Waals surface area contributed by atoms with Crippen LogP contribution >= 0.6 is 12.4 Å². The van der Waals surface area contributed by atoms with E-state index in [9.17, 15) is 4.79 Å². The third-order valence-corrected chi connectivity index (χ3v) is 6.14. The first kappa shape index (κ1) is 20.6. The predicted octanol–water partition coefficient (Wildman–Crippen LogP) is 4.28. The molecule has 5 nitrogen and oxygen atoms in total. The number of rotatable bonds is 4. The zero-order valence-electron chi connectivity index (χ0n) is 16.8. The number of hydrogen-bond acceptors (Lipinski definition) is 5. The molecule has 0 radical (unpaired) electrons. The SMILES string of the molecule is Cl.N[C@H]1CCN(c2c3c(nc4ccc(-c5ccc(OC=O)cc5)cc24)CCCC3)C1. The van der Waals surface area contributed by atoms with Gasteiger partial charge in [-0.05, 0) is 73.1 Å². The number of fused-ring (bicyclic) bond motifs is 2. The number of nitrogens with two attached hydrogens (primary N) is 1. The van der Waals surface area contributed by atoms with Gasteiger partial charge < -0.3 is 15.4 Å².